The van der Waals surface area contributed by atoms with Crippen LogP contribution in [0, 0.1) is 5.92 Å². The molecule has 0 spiro atoms. The summed E-state index contributed by atoms with van der Waals surface area (Å²) in [5.41, 5.74) is 10.6. The van der Waals surface area contributed by atoms with Gasteiger partial charge in [-0.15, -0.1) is 0 Å². The average Bonchev–Trinajstić information content (AvgIpc) is 2.43. The number of likely N-dealkylation sites (tertiary alicyclic amines) is 1. The van der Waals surface area contributed by atoms with Gasteiger partial charge in [-0.1, -0.05) is 0 Å². The highest BCUT2D eigenvalue weighted by Crippen LogP contribution is 2.17. The molecule has 0 radical (unpaired) electrons. The number of primary amides is 1. The van der Waals surface area contributed by atoms with Gasteiger partial charge in [0.25, 0.3) is 0 Å². The van der Waals surface area contributed by atoms with Crippen LogP contribution in [0.2, 0.25) is 0 Å². The topological polar surface area (TPSA) is 127 Å². The number of rotatable bonds is 7. The Bertz CT molecular complexity index is 378. The third kappa shape index (κ3) is 5.38. The third-order valence-corrected chi connectivity index (χ3v) is 4.27. The number of nitrogens with zero attached hydrogens (tertiary/aromatic N) is 1. The first-order chi connectivity index (χ1) is 9.41. The van der Waals surface area contributed by atoms with Gasteiger partial charge < -0.3 is 21.5 Å². The van der Waals surface area contributed by atoms with E-state index >= 15 is 0 Å². The van der Waals surface area contributed by atoms with Gasteiger partial charge in [0, 0.05) is 13.1 Å². The second-order valence-electron chi connectivity index (χ2n) is 4.87. The van der Waals surface area contributed by atoms with Gasteiger partial charge in [-0.05, 0) is 25.0 Å². The van der Waals surface area contributed by atoms with Crippen molar-refractivity contribution in [2.45, 2.75) is 25.3 Å². The van der Waals surface area contributed by atoms with E-state index in [0.29, 0.717) is 25.3 Å². The normalized spacial score (nSPS) is 20.4. The fourth-order valence-electron chi connectivity index (χ4n) is 2.02. The van der Waals surface area contributed by atoms with Crippen LogP contribution in [0.3, 0.4) is 0 Å². The number of hydrogen-bond donors (Lipinski definition) is 3. The molecule has 0 saturated carbocycles. The molecule has 1 aliphatic heterocycles. The fourth-order valence-corrected chi connectivity index (χ4v) is 2.94. The molecule has 0 aromatic heterocycles. The summed E-state index contributed by atoms with van der Waals surface area (Å²) >= 11 is 1.36. The Morgan fingerprint density at radius 3 is 2.70 bits per heavy atom. The molecule has 7 nitrogen and oxygen atoms in total. The number of carboxylic acid groups (broad SMARTS) is 1. The molecule has 114 valence electrons. The van der Waals surface area contributed by atoms with Gasteiger partial charge in [0.2, 0.25) is 11.8 Å². The SMILES string of the molecule is NC(=O)C1CCCN(C(=O)CSCCC(N)C(=O)O)C1. The molecule has 5 N–H and O–H groups in total. The van der Waals surface area contributed by atoms with Crippen molar-refractivity contribution in [3.63, 3.8) is 0 Å². The van der Waals surface area contributed by atoms with E-state index < -0.39 is 12.0 Å². The summed E-state index contributed by atoms with van der Waals surface area (Å²) in [6, 6.07) is -0.883. The summed E-state index contributed by atoms with van der Waals surface area (Å²) in [5.74, 6) is -0.882. The first-order valence-electron chi connectivity index (χ1n) is 6.55. The lowest BCUT2D eigenvalue weighted by Gasteiger charge is -2.31. The highest BCUT2D eigenvalue weighted by atomic mass is 32.2. The minimum Gasteiger partial charge on any atom is -0.480 e. The average molecular weight is 303 g/mol. The van der Waals surface area contributed by atoms with E-state index in [4.69, 9.17) is 16.6 Å². The van der Waals surface area contributed by atoms with Gasteiger partial charge in [-0.25, -0.2) is 0 Å². The van der Waals surface area contributed by atoms with Crippen LogP contribution >= 0.6 is 11.8 Å². The van der Waals surface area contributed by atoms with E-state index in [9.17, 15) is 14.4 Å². The minimum absolute atomic E-state index is 0.0372. The van der Waals surface area contributed by atoms with Crippen LogP contribution in [0.1, 0.15) is 19.3 Å². The van der Waals surface area contributed by atoms with Crippen molar-refractivity contribution in [1.82, 2.24) is 4.90 Å². The lowest BCUT2D eigenvalue weighted by atomic mass is 9.97. The van der Waals surface area contributed by atoms with Gasteiger partial charge in [-0.2, -0.15) is 11.8 Å². The Kier molecular flexibility index (Phi) is 6.80. The highest BCUT2D eigenvalue weighted by molar-refractivity contribution is 7.99. The molecule has 2 amide bonds. The standard InChI is InChI=1S/C12H21N3O4S/c13-9(12(18)19)3-5-20-7-10(16)15-4-1-2-8(6-15)11(14)17/h8-9H,1-7,13H2,(H2,14,17)(H,18,19). The number of amides is 2. The van der Waals surface area contributed by atoms with E-state index in [2.05, 4.69) is 0 Å². The van der Waals surface area contributed by atoms with Crippen molar-refractivity contribution >= 4 is 29.5 Å². The molecule has 0 aromatic rings. The number of hydrogen-bond acceptors (Lipinski definition) is 5. The van der Waals surface area contributed by atoms with Crippen molar-refractivity contribution in [2.75, 3.05) is 24.6 Å². The summed E-state index contributed by atoms with van der Waals surface area (Å²) in [6.07, 6.45) is 1.85. The summed E-state index contributed by atoms with van der Waals surface area (Å²) in [4.78, 5) is 35.3. The first kappa shape index (κ1) is 16.8. The Morgan fingerprint density at radius 1 is 1.40 bits per heavy atom. The Balaban J connectivity index is 2.25. The molecule has 1 rings (SSSR count). The van der Waals surface area contributed by atoms with E-state index in [1.165, 1.54) is 11.8 Å². The molecular weight excluding hydrogens is 282 g/mol. The van der Waals surface area contributed by atoms with Crippen molar-refractivity contribution < 1.29 is 19.5 Å². The molecule has 2 unspecified atom stereocenters. The van der Waals surface area contributed by atoms with Crippen LogP contribution in [-0.4, -0.2) is 58.4 Å². The molecule has 8 heteroatoms. The van der Waals surface area contributed by atoms with Gasteiger partial charge >= 0.3 is 5.97 Å². The maximum Gasteiger partial charge on any atom is 0.320 e. The Hall–Kier alpha value is -1.28. The third-order valence-electron chi connectivity index (χ3n) is 3.29. The Morgan fingerprint density at radius 2 is 2.10 bits per heavy atom. The number of carbonyl (C=O) groups excluding carboxylic acids is 2. The molecule has 0 aliphatic carbocycles. The summed E-state index contributed by atoms with van der Waals surface area (Å²) in [7, 11) is 0. The molecule has 1 fully saturated rings. The number of piperidine rings is 1. The smallest absolute Gasteiger partial charge is 0.320 e. The molecule has 0 aromatic carbocycles. The molecule has 1 saturated heterocycles. The zero-order valence-electron chi connectivity index (χ0n) is 11.3. The van der Waals surface area contributed by atoms with Crippen LogP contribution in [0.5, 0.6) is 0 Å². The number of thioether (sulfide) groups is 1. The number of carbonyl (C=O) groups is 3. The lowest BCUT2D eigenvalue weighted by molar-refractivity contribution is -0.138. The van der Waals surface area contributed by atoms with Crippen LogP contribution in [-0.2, 0) is 14.4 Å². The van der Waals surface area contributed by atoms with Crippen LogP contribution in [0.4, 0.5) is 0 Å². The zero-order chi connectivity index (χ0) is 15.1. The molecular formula is C12H21N3O4S. The van der Waals surface area contributed by atoms with E-state index in [0.717, 1.165) is 12.8 Å². The molecule has 1 aliphatic rings. The predicted octanol–water partition coefficient (Wildman–Crippen LogP) is -0.754. The first-order valence-corrected chi connectivity index (χ1v) is 7.70. The Labute approximate surface area is 122 Å². The second kappa shape index (κ2) is 8.11. The van der Waals surface area contributed by atoms with Gasteiger partial charge in [0.05, 0.1) is 11.7 Å². The van der Waals surface area contributed by atoms with E-state index in [1.54, 1.807) is 4.90 Å². The molecule has 2 atom stereocenters. The maximum absolute atomic E-state index is 12.0. The minimum atomic E-state index is -1.03. The molecule has 0 bridgehead atoms. The van der Waals surface area contributed by atoms with E-state index in [1.807, 2.05) is 0 Å². The molecule has 20 heavy (non-hydrogen) atoms. The zero-order valence-corrected chi connectivity index (χ0v) is 12.1. The number of carboxylic acids is 1. The van der Waals surface area contributed by atoms with E-state index in [-0.39, 0.29) is 23.5 Å². The van der Waals surface area contributed by atoms with Gasteiger partial charge in [0.1, 0.15) is 6.04 Å². The summed E-state index contributed by atoms with van der Waals surface area (Å²) < 4.78 is 0. The lowest BCUT2D eigenvalue weighted by Crippen LogP contribution is -2.44. The van der Waals surface area contributed by atoms with Gasteiger partial charge in [0.15, 0.2) is 0 Å². The monoisotopic (exact) mass is 303 g/mol. The predicted molar refractivity (Wildman–Crippen MR) is 76.1 cm³/mol. The fraction of sp³-hybridized carbons (Fsp3) is 0.750. The van der Waals surface area contributed by atoms with Crippen molar-refractivity contribution in [1.29, 1.82) is 0 Å². The van der Waals surface area contributed by atoms with Crippen molar-refractivity contribution in [3.05, 3.63) is 0 Å². The largest absolute Gasteiger partial charge is 0.480 e. The van der Waals surface area contributed by atoms with Crippen LogP contribution < -0.4 is 11.5 Å². The number of nitrogens with two attached hydrogens (primary N) is 2. The van der Waals surface area contributed by atoms with Crippen LogP contribution in [0.15, 0.2) is 0 Å². The quantitative estimate of drug-likeness (QED) is 0.531. The van der Waals surface area contributed by atoms with Gasteiger partial charge in [-0.3, -0.25) is 14.4 Å². The second-order valence-corrected chi connectivity index (χ2v) is 5.97. The summed E-state index contributed by atoms with van der Waals surface area (Å²) in [6.45, 7) is 1.04. The molecule has 1 heterocycles. The maximum atomic E-state index is 12.0. The number of aliphatic carboxylic acids is 1. The highest BCUT2D eigenvalue weighted by Gasteiger charge is 2.26. The summed E-state index contributed by atoms with van der Waals surface area (Å²) in [5, 5.41) is 8.62. The van der Waals surface area contributed by atoms with Crippen molar-refractivity contribution in [3.8, 4) is 0 Å². The van der Waals surface area contributed by atoms with Crippen molar-refractivity contribution in [2.24, 2.45) is 17.4 Å². The van der Waals surface area contributed by atoms with Crippen LogP contribution in [0.25, 0.3) is 0 Å².